The number of carbonyl (C=O) groups excluding carboxylic acids is 1. The van der Waals surface area contributed by atoms with Crippen molar-refractivity contribution in [1.82, 2.24) is 10.6 Å². The van der Waals surface area contributed by atoms with Gasteiger partial charge in [-0.25, -0.2) is 4.79 Å². The van der Waals surface area contributed by atoms with Gasteiger partial charge in [0.25, 0.3) is 0 Å². The molecule has 3 heterocycles. The Morgan fingerprint density at radius 3 is 1.60 bits per heavy atom. The number of carbonyl (C=O) groups is 1. The van der Waals surface area contributed by atoms with Crippen molar-refractivity contribution in [3.63, 3.8) is 0 Å². The lowest BCUT2D eigenvalue weighted by Gasteiger charge is -2.48. The molecular formula is C38H73N3O27. The molecule has 402 valence electrons. The number of urea groups is 1. The van der Waals surface area contributed by atoms with E-state index in [4.69, 9.17) is 43.6 Å². The number of amides is 2. The van der Waals surface area contributed by atoms with E-state index in [2.05, 4.69) is 10.6 Å². The van der Waals surface area contributed by atoms with Crippen molar-refractivity contribution in [3.8, 4) is 0 Å². The third kappa shape index (κ3) is 15.6. The first-order valence-electron chi connectivity index (χ1n) is 21.9. The molecule has 3 saturated heterocycles. The highest BCUT2D eigenvalue weighted by Gasteiger charge is 2.55. The van der Waals surface area contributed by atoms with Gasteiger partial charge >= 0.3 is 6.03 Å². The van der Waals surface area contributed by atoms with Crippen LogP contribution >= 0.6 is 0 Å². The second-order valence-electron chi connectivity index (χ2n) is 16.8. The van der Waals surface area contributed by atoms with Gasteiger partial charge in [0.15, 0.2) is 31.5 Å². The molecule has 3 aliphatic heterocycles. The minimum atomic E-state index is -2.66. The van der Waals surface area contributed by atoms with E-state index in [1.165, 1.54) is 13.8 Å². The molecule has 25 unspecified atom stereocenters. The highest BCUT2D eigenvalue weighted by molar-refractivity contribution is 5.73. The monoisotopic (exact) mass is 1000 g/mol. The lowest BCUT2D eigenvalue weighted by molar-refractivity contribution is -0.389. The molecule has 22 N–H and O–H groups in total. The first kappa shape index (κ1) is 60.5. The van der Waals surface area contributed by atoms with Gasteiger partial charge in [-0.2, -0.15) is 0 Å². The topological polar surface area (TPSA) is 505 Å². The number of nitrogens with one attached hydrogen (secondary N) is 2. The fourth-order valence-electron chi connectivity index (χ4n) is 7.24. The highest BCUT2D eigenvalue weighted by atomic mass is 16.8. The number of hydrogen-bond donors (Lipinski definition) is 21. The average molecular weight is 1000 g/mol. The molecule has 0 aliphatic carbocycles. The number of nitrogens with two attached hydrogens (primary N) is 1. The van der Waals surface area contributed by atoms with Gasteiger partial charge in [0.1, 0.15) is 97.7 Å². The van der Waals surface area contributed by atoms with Crippen LogP contribution in [0.4, 0.5) is 4.79 Å². The maximum Gasteiger partial charge on any atom is 0.314 e. The molecule has 0 aromatic heterocycles. The largest absolute Gasteiger partial charge is 0.396 e. The molecule has 30 nitrogen and oxygen atoms in total. The van der Waals surface area contributed by atoms with Gasteiger partial charge in [0.2, 0.25) is 0 Å². The van der Waals surface area contributed by atoms with Gasteiger partial charge in [-0.1, -0.05) is 13.8 Å². The standard InChI is InChI=1S/C38H73N3O27/c1-13(8-42)18(47)24(53)31(68-35-26(55)23(52)20(49)15(10-44)62-35)34(59)65-32-25(54)21(50)16(11-45)64-37(32)67-30-22(51)17(12-46)63-36(28(30)57)66-29(19(48)14(2)9-43)27(56)33(58)61-7-6-41-38(60)40-5-3-4-39/h13-37,42-59H,3-12,39H2,1-2H3,(H2,40,41,60). The normalized spacial score (nSPS) is 36.9. The summed E-state index contributed by atoms with van der Waals surface area (Å²) in [4.78, 5) is 11.9. The fourth-order valence-corrected chi connectivity index (χ4v) is 7.24. The quantitative estimate of drug-likeness (QED) is 0.0256. The van der Waals surface area contributed by atoms with Crippen LogP contribution in [-0.2, 0) is 37.9 Å². The van der Waals surface area contributed by atoms with Gasteiger partial charge in [-0.15, -0.1) is 0 Å². The summed E-state index contributed by atoms with van der Waals surface area (Å²) in [5.74, 6) is -2.27. The van der Waals surface area contributed by atoms with Crippen LogP contribution in [0, 0.1) is 11.8 Å². The lowest BCUT2D eigenvalue weighted by atomic mass is 9.94. The van der Waals surface area contributed by atoms with Crippen LogP contribution in [0.15, 0.2) is 0 Å². The number of aliphatic hydroxyl groups excluding tert-OH is 18. The molecule has 0 radical (unpaired) electrons. The van der Waals surface area contributed by atoms with E-state index in [9.17, 15) is 96.7 Å². The van der Waals surface area contributed by atoms with Crippen molar-refractivity contribution >= 4 is 6.03 Å². The Labute approximate surface area is 389 Å². The number of hydrogen-bond acceptors (Lipinski definition) is 28. The maximum absolute atomic E-state index is 11.9. The summed E-state index contributed by atoms with van der Waals surface area (Å²) in [6.45, 7) is -1.94. The number of aliphatic hydroxyl groups is 18. The molecule has 68 heavy (non-hydrogen) atoms. The van der Waals surface area contributed by atoms with Gasteiger partial charge in [-0.05, 0) is 13.0 Å². The first-order valence-corrected chi connectivity index (χ1v) is 21.9. The number of ether oxygens (including phenoxy) is 8. The maximum atomic E-state index is 11.9. The Bertz CT molecular complexity index is 1420. The van der Waals surface area contributed by atoms with Crippen LogP contribution in [0.3, 0.4) is 0 Å². The molecule has 2 amide bonds. The van der Waals surface area contributed by atoms with Crippen molar-refractivity contribution < 1.29 is 135 Å². The van der Waals surface area contributed by atoms with E-state index in [1.54, 1.807) is 0 Å². The molecular weight excluding hydrogens is 930 g/mol. The molecule has 0 bridgehead atoms. The van der Waals surface area contributed by atoms with Crippen LogP contribution < -0.4 is 16.4 Å². The van der Waals surface area contributed by atoms with Crippen molar-refractivity contribution in [2.75, 3.05) is 59.3 Å². The minimum Gasteiger partial charge on any atom is -0.396 e. The summed E-state index contributed by atoms with van der Waals surface area (Å²) in [5.41, 5.74) is 5.39. The van der Waals surface area contributed by atoms with Gasteiger partial charge < -0.3 is 146 Å². The highest BCUT2D eigenvalue weighted by Crippen LogP contribution is 2.34. The van der Waals surface area contributed by atoms with Crippen LogP contribution in [0.5, 0.6) is 0 Å². The van der Waals surface area contributed by atoms with Gasteiger partial charge in [-0.3, -0.25) is 0 Å². The Morgan fingerprint density at radius 2 is 1.04 bits per heavy atom. The van der Waals surface area contributed by atoms with Crippen LogP contribution in [0.25, 0.3) is 0 Å². The smallest absolute Gasteiger partial charge is 0.314 e. The molecule has 0 spiro atoms. The summed E-state index contributed by atoms with van der Waals surface area (Å²) < 4.78 is 44.3. The zero-order valence-corrected chi connectivity index (χ0v) is 37.3. The average Bonchev–Trinajstić information content (AvgIpc) is 3.33. The Morgan fingerprint density at radius 1 is 0.544 bits per heavy atom. The Balaban J connectivity index is 1.93. The second-order valence-corrected chi connectivity index (χ2v) is 16.8. The zero-order chi connectivity index (χ0) is 51.2. The third-order valence-corrected chi connectivity index (χ3v) is 11.7. The van der Waals surface area contributed by atoms with Gasteiger partial charge in [0.05, 0.1) is 38.6 Å². The zero-order valence-electron chi connectivity index (χ0n) is 37.3. The summed E-state index contributed by atoms with van der Waals surface area (Å²) in [6.07, 6.45) is -47.8. The summed E-state index contributed by atoms with van der Waals surface area (Å²) in [5, 5.41) is 197. The van der Waals surface area contributed by atoms with E-state index in [1.807, 2.05) is 0 Å². The molecule has 3 fully saturated rings. The molecule has 25 atom stereocenters. The molecule has 0 aromatic rings. The SMILES string of the molecule is CC(CO)C(O)C(O)C(OC1OC(CO)C(O)C(O)C1O)C(O)OC1C(OC2C(O)C(CO)OC(OC(C(O)C(C)CO)C(O)C(O)OCCNC(=O)NCCCN)C2O)OC(CO)C(O)C1O. The van der Waals surface area contributed by atoms with Crippen LogP contribution in [-0.4, -0.2) is 299 Å². The first-order chi connectivity index (χ1) is 32.1. The molecule has 0 aromatic carbocycles. The van der Waals surface area contributed by atoms with E-state index >= 15 is 0 Å². The third-order valence-electron chi connectivity index (χ3n) is 11.7. The minimum absolute atomic E-state index is 0.190. The van der Waals surface area contributed by atoms with Crippen molar-refractivity contribution in [1.29, 1.82) is 0 Å². The van der Waals surface area contributed by atoms with E-state index in [0.717, 1.165) is 0 Å². The summed E-state index contributed by atoms with van der Waals surface area (Å²) in [7, 11) is 0. The van der Waals surface area contributed by atoms with Gasteiger partial charge in [0, 0.05) is 38.1 Å². The Kier molecular flexibility index (Phi) is 25.8. The summed E-state index contributed by atoms with van der Waals surface area (Å²) >= 11 is 0. The number of rotatable bonds is 28. The second kappa shape index (κ2) is 29.0. The molecule has 0 saturated carbocycles. The van der Waals surface area contributed by atoms with E-state index in [-0.39, 0.29) is 13.1 Å². The molecule has 30 heteroatoms. The van der Waals surface area contributed by atoms with Crippen molar-refractivity contribution in [2.45, 2.75) is 162 Å². The van der Waals surface area contributed by atoms with Crippen LogP contribution in [0.1, 0.15) is 20.3 Å². The molecule has 3 rings (SSSR count). The van der Waals surface area contributed by atoms with Crippen molar-refractivity contribution in [3.05, 3.63) is 0 Å². The fraction of sp³-hybridized carbons (Fsp3) is 0.974. The van der Waals surface area contributed by atoms with E-state index in [0.29, 0.717) is 13.0 Å². The lowest BCUT2D eigenvalue weighted by Crippen LogP contribution is -2.67. The predicted octanol–water partition coefficient (Wildman–Crippen LogP) is -11.8. The molecule has 3 aliphatic rings. The Hall–Kier alpha value is -1.81. The van der Waals surface area contributed by atoms with Crippen LogP contribution in [0.2, 0.25) is 0 Å². The van der Waals surface area contributed by atoms with Crippen molar-refractivity contribution in [2.24, 2.45) is 17.6 Å². The summed E-state index contributed by atoms with van der Waals surface area (Å²) in [6, 6.07) is -0.593. The van der Waals surface area contributed by atoms with E-state index < -0.39 is 199 Å². The predicted molar refractivity (Wildman–Crippen MR) is 218 cm³/mol.